The number of fused-ring (bicyclic) bond motifs is 1. The molecular weight excluding hydrogens is 344 g/mol. The molecule has 1 N–H and O–H groups in total. The molecule has 6 heteroatoms. The number of benzene rings is 2. The number of piperidine rings is 1. The maximum absolute atomic E-state index is 13.3. The molecule has 0 saturated carbocycles. The first-order valence-corrected chi connectivity index (χ1v) is 9.79. The van der Waals surface area contributed by atoms with Crippen LogP contribution in [0.1, 0.15) is 26.2 Å². The van der Waals surface area contributed by atoms with Crippen LogP contribution in [0, 0.1) is 0 Å². The van der Waals surface area contributed by atoms with Gasteiger partial charge < -0.3 is 5.32 Å². The molecule has 0 unspecified atom stereocenters. The van der Waals surface area contributed by atoms with Crippen molar-refractivity contribution in [3.8, 4) is 0 Å². The van der Waals surface area contributed by atoms with Crippen LogP contribution < -0.4 is 5.32 Å². The largest absolute Gasteiger partial charge is 0.317 e. The molecule has 0 spiro atoms. The van der Waals surface area contributed by atoms with Gasteiger partial charge in [-0.2, -0.15) is 4.31 Å². The van der Waals surface area contributed by atoms with E-state index in [9.17, 15) is 8.42 Å². The molecule has 4 nitrogen and oxygen atoms in total. The van der Waals surface area contributed by atoms with Gasteiger partial charge in [-0.15, -0.1) is 12.4 Å². The number of hydrogen-bond donors (Lipinski definition) is 1. The highest BCUT2D eigenvalue weighted by Gasteiger charge is 2.32. The molecule has 1 aliphatic rings. The summed E-state index contributed by atoms with van der Waals surface area (Å²) >= 11 is 0. The van der Waals surface area contributed by atoms with Crippen LogP contribution in [0.15, 0.2) is 47.4 Å². The Morgan fingerprint density at radius 3 is 2.46 bits per heavy atom. The monoisotopic (exact) mass is 368 g/mol. The fourth-order valence-electron chi connectivity index (χ4n) is 3.36. The topological polar surface area (TPSA) is 49.4 Å². The highest BCUT2D eigenvalue weighted by Crippen LogP contribution is 2.28. The molecule has 0 amide bonds. The number of nitrogens with zero attached hydrogens (tertiary/aromatic N) is 1. The maximum Gasteiger partial charge on any atom is 0.243 e. The predicted molar refractivity (Wildman–Crippen MR) is 101 cm³/mol. The quantitative estimate of drug-likeness (QED) is 0.879. The first kappa shape index (κ1) is 19.2. The van der Waals surface area contributed by atoms with Crippen molar-refractivity contribution in [3.05, 3.63) is 42.5 Å². The molecule has 0 radical (unpaired) electrons. The molecule has 2 aromatic carbocycles. The summed E-state index contributed by atoms with van der Waals surface area (Å²) in [4.78, 5) is 0.433. The van der Waals surface area contributed by atoms with Crippen molar-refractivity contribution in [3.63, 3.8) is 0 Å². The van der Waals surface area contributed by atoms with Crippen LogP contribution in [-0.4, -0.2) is 38.4 Å². The van der Waals surface area contributed by atoms with E-state index in [2.05, 4.69) is 5.32 Å². The zero-order chi connectivity index (χ0) is 16.3. The van der Waals surface area contributed by atoms with Crippen LogP contribution in [0.4, 0.5) is 0 Å². The van der Waals surface area contributed by atoms with E-state index >= 15 is 0 Å². The number of halogens is 1. The summed E-state index contributed by atoms with van der Waals surface area (Å²) in [6.07, 6.45) is 2.59. The Morgan fingerprint density at radius 2 is 1.75 bits per heavy atom. The van der Waals surface area contributed by atoms with Crippen molar-refractivity contribution in [2.45, 2.75) is 37.1 Å². The third-order valence-electron chi connectivity index (χ3n) is 4.50. The molecule has 0 aliphatic carbocycles. The van der Waals surface area contributed by atoms with Crippen molar-refractivity contribution >= 4 is 33.2 Å². The molecule has 1 fully saturated rings. The fraction of sp³-hybridized carbons (Fsp3) is 0.444. The maximum atomic E-state index is 13.3. The Bertz CT molecular complexity index is 768. The van der Waals surface area contributed by atoms with Gasteiger partial charge in [0, 0.05) is 18.0 Å². The van der Waals surface area contributed by atoms with Gasteiger partial charge >= 0.3 is 0 Å². The normalized spacial score (nSPS) is 16.2. The summed E-state index contributed by atoms with van der Waals surface area (Å²) in [7, 11) is -3.48. The second-order valence-corrected chi connectivity index (χ2v) is 7.93. The number of hydrogen-bond acceptors (Lipinski definition) is 3. The Hall–Kier alpha value is -1.14. The number of rotatable bonds is 5. The molecule has 132 valence electrons. The second kappa shape index (κ2) is 8.30. The predicted octanol–water partition coefficient (Wildman–Crippen LogP) is 3.41. The molecule has 2 aromatic rings. The van der Waals surface area contributed by atoms with Crippen LogP contribution in [0.25, 0.3) is 10.8 Å². The lowest BCUT2D eigenvalue weighted by Gasteiger charge is -2.33. The molecule has 1 saturated heterocycles. The Labute approximate surface area is 150 Å². The number of sulfonamides is 1. The van der Waals surface area contributed by atoms with Gasteiger partial charge in [0.25, 0.3) is 0 Å². The zero-order valence-electron chi connectivity index (χ0n) is 13.9. The minimum Gasteiger partial charge on any atom is -0.317 e. The van der Waals surface area contributed by atoms with E-state index in [4.69, 9.17) is 0 Å². The summed E-state index contributed by atoms with van der Waals surface area (Å²) in [6, 6.07) is 13.3. The average molecular weight is 369 g/mol. The molecule has 24 heavy (non-hydrogen) atoms. The van der Waals surface area contributed by atoms with Gasteiger partial charge in [-0.1, -0.05) is 43.3 Å². The SMILES string of the molecule is CCCN(C1CCNCC1)S(=O)(=O)c1cccc2ccccc12.Cl. The van der Waals surface area contributed by atoms with E-state index in [1.165, 1.54) is 0 Å². The van der Waals surface area contributed by atoms with Gasteiger partial charge in [-0.3, -0.25) is 0 Å². The van der Waals surface area contributed by atoms with E-state index in [1.807, 2.05) is 43.3 Å². The highest BCUT2D eigenvalue weighted by atomic mass is 35.5. The van der Waals surface area contributed by atoms with Crippen molar-refractivity contribution in [1.29, 1.82) is 0 Å². The summed E-state index contributed by atoms with van der Waals surface area (Å²) in [5.74, 6) is 0. The van der Waals surface area contributed by atoms with E-state index in [0.29, 0.717) is 11.4 Å². The fourth-order valence-corrected chi connectivity index (χ4v) is 5.35. The standard InChI is InChI=1S/C18H24N2O2S.ClH/c1-2-14-20(16-10-12-19-13-11-16)23(21,22)18-9-5-7-15-6-3-4-8-17(15)18;/h3-9,16,19H,2,10-14H2,1H3;1H. The van der Waals surface area contributed by atoms with E-state index in [1.54, 1.807) is 10.4 Å². The first-order chi connectivity index (χ1) is 11.1. The van der Waals surface area contributed by atoms with Crippen molar-refractivity contribution in [1.82, 2.24) is 9.62 Å². The molecular formula is C18H25ClN2O2S. The molecule has 0 bridgehead atoms. The van der Waals surface area contributed by atoms with Gasteiger partial charge in [-0.25, -0.2) is 8.42 Å². The van der Waals surface area contributed by atoms with E-state index < -0.39 is 10.0 Å². The van der Waals surface area contributed by atoms with Gasteiger partial charge in [0.05, 0.1) is 4.90 Å². The molecule has 1 heterocycles. The third-order valence-corrected chi connectivity index (χ3v) is 6.51. The highest BCUT2D eigenvalue weighted by molar-refractivity contribution is 7.89. The lowest BCUT2D eigenvalue weighted by Crippen LogP contribution is -2.46. The van der Waals surface area contributed by atoms with E-state index in [0.717, 1.165) is 43.1 Å². The Morgan fingerprint density at radius 1 is 1.08 bits per heavy atom. The zero-order valence-corrected chi connectivity index (χ0v) is 15.6. The second-order valence-electron chi connectivity index (χ2n) is 6.07. The minimum absolute atomic E-state index is 0. The average Bonchev–Trinajstić information content (AvgIpc) is 2.59. The van der Waals surface area contributed by atoms with E-state index in [-0.39, 0.29) is 18.4 Å². The lowest BCUT2D eigenvalue weighted by atomic mass is 10.1. The smallest absolute Gasteiger partial charge is 0.243 e. The third kappa shape index (κ3) is 3.75. The molecule has 0 atom stereocenters. The molecule has 1 aliphatic heterocycles. The molecule has 3 rings (SSSR count). The van der Waals surface area contributed by atoms with Crippen LogP contribution in [0.3, 0.4) is 0 Å². The van der Waals surface area contributed by atoms with Crippen molar-refractivity contribution in [2.24, 2.45) is 0 Å². The van der Waals surface area contributed by atoms with Gasteiger partial charge in [0.15, 0.2) is 0 Å². The van der Waals surface area contributed by atoms with Crippen LogP contribution >= 0.6 is 12.4 Å². The first-order valence-electron chi connectivity index (χ1n) is 8.35. The van der Waals surface area contributed by atoms with Crippen molar-refractivity contribution in [2.75, 3.05) is 19.6 Å². The van der Waals surface area contributed by atoms with Crippen LogP contribution in [-0.2, 0) is 10.0 Å². The summed E-state index contributed by atoms with van der Waals surface area (Å²) in [5.41, 5.74) is 0. The Kier molecular flexibility index (Phi) is 6.63. The van der Waals surface area contributed by atoms with Crippen LogP contribution in [0.5, 0.6) is 0 Å². The summed E-state index contributed by atoms with van der Waals surface area (Å²) in [6.45, 7) is 4.38. The summed E-state index contributed by atoms with van der Waals surface area (Å²) < 4.78 is 28.4. The van der Waals surface area contributed by atoms with Gasteiger partial charge in [-0.05, 0) is 43.8 Å². The Balaban J connectivity index is 0.00000208. The minimum atomic E-state index is -3.48. The van der Waals surface area contributed by atoms with Crippen molar-refractivity contribution < 1.29 is 8.42 Å². The number of nitrogens with one attached hydrogen (secondary N) is 1. The van der Waals surface area contributed by atoms with Gasteiger partial charge in [0.1, 0.15) is 0 Å². The van der Waals surface area contributed by atoms with Crippen LogP contribution in [0.2, 0.25) is 0 Å². The lowest BCUT2D eigenvalue weighted by molar-refractivity contribution is 0.262. The van der Waals surface area contributed by atoms with Gasteiger partial charge in [0.2, 0.25) is 10.0 Å². The molecule has 0 aromatic heterocycles. The summed E-state index contributed by atoms with van der Waals surface area (Å²) in [5, 5.41) is 5.09.